The van der Waals surface area contributed by atoms with E-state index in [1.54, 1.807) is 0 Å². The summed E-state index contributed by atoms with van der Waals surface area (Å²) in [6.07, 6.45) is 3.92. The molecule has 2 atom stereocenters. The predicted octanol–water partition coefficient (Wildman–Crippen LogP) is 1.80. The van der Waals surface area contributed by atoms with Crippen molar-refractivity contribution in [3.05, 3.63) is 0 Å². The summed E-state index contributed by atoms with van der Waals surface area (Å²) in [7, 11) is 1.42. The van der Waals surface area contributed by atoms with E-state index in [0.717, 1.165) is 37.2 Å². The van der Waals surface area contributed by atoms with Gasteiger partial charge in [-0.05, 0) is 36.7 Å². The van der Waals surface area contributed by atoms with Crippen LogP contribution < -0.4 is 5.73 Å². The molecule has 2 unspecified atom stereocenters. The Morgan fingerprint density at radius 3 is 3.00 bits per heavy atom. The number of methoxy groups -OCH3 is 1. The van der Waals surface area contributed by atoms with E-state index in [9.17, 15) is 4.79 Å². The second kappa shape index (κ2) is 5.75. The number of rotatable bonds is 5. The van der Waals surface area contributed by atoms with Gasteiger partial charge in [-0.2, -0.15) is 11.8 Å². The van der Waals surface area contributed by atoms with Crippen molar-refractivity contribution in [1.29, 1.82) is 0 Å². The summed E-state index contributed by atoms with van der Waals surface area (Å²) in [5.74, 6) is 2.30. The Balaban J connectivity index is 2.51. The van der Waals surface area contributed by atoms with E-state index >= 15 is 0 Å². The molecular formula is C11H21NO2S. The van der Waals surface area contributed by atoms with Crippen molar-refractivity contribution in [2.24, 2.45) is 11.7 Å². The van der Waals surface area contributed by atoms with Gasteiger partial charge in [-0.25, -0.2) is 0 Å². The second-order valence-electron chi connectivity index (χ2n) is 4.11. The van der Waals surface area contributed by atoms with Gasteiger partial charge in [0.25, 0.3) is 0 Å². The Morgan fingerprint density at radius 1 is 1.67 bits per heavy atom. The number of nitrogens with two attached hydrogens (primary N) is 1. The van der Waals surface area contributed by atoms with Crippen molar-refractivity contribution in [1.82, 2.24) is 0 Å². The van der Waals surface area contributed by atoms with Crippen molar-refractivity contribution in [2.75, 3.05) is 18.6 Å². The number of ether oxygens (including phenoxy) is 1. The Bertz CT molecular complexity index is 223. The fourth-order valence-corrected chi connectivity index (χ4v) is 3.07. The molecule has 0 saturated heterocycles. The van der Waals surface area contributed by atoms with E-state index in [-0.39, 0.29) is 5.97 Å². The van der Waals surface area contributed by atoms with E-state index in [1.165, 1.54) is 7.11 Å². The summed E-state index contributed by atoms with van der Waals surface area (Å²) in [4.78, 5) is 11.6. The maximum Gasteiger partial charge on any atom is 0.326 e. The van der Waals surface area contributed by atoms with Crippen LogP contribution in [-0.4, -0.2) is 30.1 Å². The summed E-state index contributed by atoms with van der Waals surface area (Å²) in [6.45, 7) is 2.15. The Morgan fingerprint density at radius 2 is 2.40 bits per heavy atom. The first-order valence-electron chi connectivity index (χ1n) is 5.60. The van der Waals surface area contributed by atoms with Crippen LogP contribution in [0, 0.1) is 5.92 Å². The molecule has 88 valence electrons. The quantitative estimate of drug-likeness (QED) is 0.579. The molecule has 1 aliphatic rings. The molecule has 0 aromatic carbocycles. The molecule has 0 aliphatic heterocycles. The van der Waals surface area contributed by atoms with Gasteiger partial charge in [-0.15, -0.1) is 0 Å². The monoisotopic (exact) mass is 231 g/mol. The number of hydrogen-bond acceptors (Lipinski definition) is 4. The molecule has 0 bridgehead atoms. The van der Waals surface area contributed by atoms with E-state index in [2.05, 4.69) is 6.92 Å². The third-order valence-electron chi connectivity index (χ3n) is 3.25. The molecule has 0 amide bonds. The fourth-order valence-electron chi connectivity index (χ4n) is 2.33. The largest absolute Gasteiger partial charge is 0.468 e. The van der Waals surface area contributed by atoms with Gasteiger partial charge in [0.2, 0.25) is 0 Å². The molecule has 0 aromatic rings. The SMILES string of the molecule is CCSCCC1CCCC1(N)C(=O)OC. The first kappa shape index (κ1) is 12.8. The third kappa shape index (κ3) is 2.88. The minimum atomic E-state index is -0.705. The van der Waals surface area contributed by atoms with E-state index in [1.807, 2.05) is 11.8 Å². The van der Waals surface area contributed by atoms with Gasteiger partial charge in [0.15, 0.2) is 0 Å². The van der Waals surface area contributed by atoms with Gasteiger partial charge < -0.3 is 10.5 Å². The van der Waals surface area contributed by atoms with Crippen LogP contribution in [0.15, 0.2) is 0 Å². The van der Waals surface area contributed by atoms with Gasteiger partial charge in [-0.3, -0.25) is 4.79 Å². The van der Waals surface area contributed by atoms with Gasteiger partial charge >= 0.3 is 5.97 Å². The highest BCUT2D eigenvalue weighted by Gasteiger charge is 2.46. The van der Waals surface area contributed by atoms with Gasteiger partial charge in [0, 0.05) is 0 Å². The van der Waals surface area contributed by atoms with Crippen LogP contribution in [-0.2, 0) is 9.53 Å². The zero-order chi connectivity index (χ0) is 11.3. The molecule has 0 spiro atoms. The molecule has 1 aliphatic carbocycles. The molecule has 0 aromatic heterocycles. The Kier molecular flexibility index (Phi) is 4.93. The predicted molar refractivity (Wildman–Crippen MR) is 63.9 cm³/mol. The van der Waals surface area contributed by atoms with Crippen molar-refractivity contribution in [3.8, 4) is 0 Å². The van der Waals surface area contributed by atoms with Crippen molar-refractivity contribution < 1.29 is 9.53 Å². The molecular weight excluding hydrogens is 210 g/mol. The minimum Gasteiger partial charge on any atom is -0.468 e. The van der Waals surface area contributed by atoms with Crippen LogP contribution in [0.3, 0.4) is 0 Å². The molecule has 3 nitrogen and oxygen atoms in total. The first-order chi connectivity index (χ1) is 7.15. The van der Waals surface area contributed by atoms with Crippen LogP contribution >= 0.6 is 11.8 Å². The van der Waals surface area contributed by atoms with Crippen LogP contribution in [0.25, 0.3) is 0 Å². The average molecular weight is 231 g/mol. The van der Waals surface area contributed by atoms with Gasteiger partial charge in [0.1, 0.15) is 5.54 Å². The minimum absolute atomic E-state index is 0.230. The lowest BCUT2D eigenvalue weighted by molar-refractivity contribution is -0.148. The topological polar surface area (TPSA) is 52.3 Å². The van der Waals surface area contributed by atoms with Gasteiger partial charge in [0.05, 0.1) is 7.11 Å². The smallest absolute Gasteiger partial charge is 0.326 e. The molecule has 0 radical (unpaired) electrons. The zero-order valence-corrected chi connectivity index (χ0v) is 10.4. The van der Waals surface area contributed by atoms with Crippen LogP contribution in [0.1, 0.15) is 32.6 Å². The number of carbonyl (C=O) groups is 1. The lowest BCUT2D eigenvalue weighted by Gasteiger charge is -2.28. The molecule has 0 heterocycles. The van der Waals surface area contributed by atoms with Crippen LogP contribution in [0.4, 0.5) is 0 Å². The van der Waals surface area contributed by atoms with E-state index in [0.29, 0.717) is 5.92 Å². The normalized spacial score (nSPS) is 30.5. The van der Waals surface area contributed by atoms with E-state index in [4.69, 9.17) is 10.5 Å². The molecule has 2 N–H and O–H groups in total. The lowest BCUT2D eigenvalue weighted by Crippen LogP contribution is -2.51. The number of carbonyl (C=O) groups excluding carboxylic acids is 1. The molecule has 1 saturated carbocycles. The molecule has 1 rings (SSSR count). The Labute approximate surface area is 96.1 Å². The standard InChI is InChI=1S/C11H21NO2S/c1-3-15-8-6-9-5-4-7-11(9,12)10(13)14-2/h9H,3-8,12H2,1-2H3. The van der Waals surface area contributed by atoms with E-state index < -0.39 is 5.54 Å². The van der Waals surface area contributed by atoms with Crippen molar-refractivity contribution in [2.45, 2.75) is 38.1 Å². The van der Waals surface area contributed by atoms with Crippen LogP contribution in [0.2, 0.25) is 0 Å². The number of thioether (sulfide) groups is 1. The maximum absolute atomic E-state index is 11.6. The van der Waals surface area contributed by atoms with Crippen LogP contribution in [0.5, 0.6) is 0 Å². The van der Waals surface area contributed by atoms with Gasteiger partial charge in [-0.1, -0.05) is 13.3 Å². The van der Waals surface area contributed by atoms with Crippen molar-refractivity contribution >= 4 is 17.7 Å². The number of esters is 1. The average Bonchev–Trinajstić information content (AvgIpc) is 2.61. The summed E-state index contributed by atoms with van der Waals surface area (Å²) < 4.78 is 4.80. The second-order valence-corrected chi connectivity index (χ2v) is 5.50. The summed E-state index contributed by atoms with van der Waals surface area (Å²) in [6, 6.07) is 0. The molecule has 4 heteroatoms. The molecule has 1 fully saturated rings. The third-order valence-corrected chi connectivity index (χ3v) is 4.18. The maximum atomic E-state index is 11.6. The highest BCUT2D eigenvalue weighted by atomic mass is 32.2. The Hall–Kier alpha value is -0.220. The zero-order valence-electron chi connectivity index (χ0n) is 9.62. The lowest BCUT2D eigenvalue weighted by atomic mass is 9.86. The highest BCUT2D eigenvalue weighted by Crippen LogP contribution is 2.37. The summed E-state index contributed by atoms with van der Waals surface area (Å²) in [5, 5.41) is 0. The first-order valence-corrected chi connectivity index (χ1v) is 6.75. The molecule has 15 heavy (non-hydrogen) atoms. The van der Waals surface area contributed by atoms with Crippen molar-refractivity contribution in [3.63, 3.8) is 0 Å². The highest BCUT2D eigenvalue weighted by molar-refractivity contribution is 7.99. The number of hydrogen-bond donors (Lipinski definition) is 1. The fraction of sp³-hybridized carbons (Fsp3) is 0.909. The summed E-state index contributed by atoms with van der Waals surface area (Å²) >= 11 is 1.91. The summed E-state index contributed by atoms with van der Waals surface area (Å²) in [5.41, 5.74) is 5.45.